The van der Waals surface area contributed by atoms with Gasteiger partial charge in [0.1, 0.15) is 6.10 Å². The molecule has 0 spiro atoms. The molecule has 0 amide bonds. The summed E-state index contributed by atoms with van der Waals surface area (Å²) in [7, 11) is -1.18. The standard InChI is InChI=1S/C21H18Cl3NO5S/c1-29-19-8-5-14(11-20(19)30-2)31(27,28)25-18-7-4-13(23)10-16(18)21(26)15-9-12(22)3-6-17(15)24/h3-11,21,25-26H,1-2H3. The molecule has 164 valence electrons. The first-order chi connectivity index (χ1) is 14.7. The SMILES string of the molecule is COc1ccc(S(=O)(=O)Nc2ccc(Cl)cc2C(O)c2cc(Cl)ccc2Cl)cc1OC. The molecule has 6 nitrogen and oxygen atoms in total. The van der Waals surface area contributed by atoms with Crippen LogP contribution in [0.15, 0.2) is 59.5 Å². The van der Waals surface area contributed by atoms with Crippen molar-refractivity contribution in [2.24, 2.45) is 0 Å². The van der Waals surface area contributed by atoms with Crippen LogP contribution in [0.3, 0.4) is 0 Å². The number of sulfonamides is 1. The first kappa shape index (κ1) is 23.5. The lowest BCUT2D eigenvalue weighted by molar-refractivity contribution is 0.221. The minimum atomic E-state index is -4.04. The lowest BCUT2D eigenvalue weighted by atomic mass is 10.00. The van der Waals surface area contributed by atoms with Crippen LogP contribution in [0.1, 0.15) is 17.2 Å². The van der Waals surface area contributed by atoms with Crippen molar-refractivity contribution in [1.82, 2.24) is 0 Å². The topological polar surface area (TPSA) is 84.9 Å². The Morgan fingerprint density at radius 1 is 0.839 bits per heavy atom. The molecule has 10 heteroatoms. The molecular formula is C21H18Cl3NO5S. The Labute approximate surface area is 195 Å². The van der Waals surface area contributed by atoms with Gasteiger partial charge in [0.15, 0.2) is 11.5 Å². The van der Waals surface area contributed by atoms with Crippen LogP contribution in [0.2, 0.25) is 15.1 Å². The molecule has 0 aliphatic heterocycles. The van der Waals surface area contributed by atoms with E-state index < -0.39 is 16.1 Å². The molecule has 1 unspecified atom stereocenters. The second-order valence-electron chi connectivity index (χ2n) is 6.42. The van der Waals surface area contributed by atoms with Crippen molar-refractivity contribution in [3.05, 3.63) is 80.8 Å². The fourth-order valence-corrected chi connectivity index (χ4v) is 4.62. The number of halogens is 3. The minimum absolute atomic E-state index is 0.0543. The first-order valence-electron chi connectivity index (χ1n) is 8.83. The van der Waals surface area contributed by atoms with E-state index in [2.05, 4.69) is 4.72 Å². The van der Waals surface area contributed by atoms with Crippen LogP contribution in [0.5, 0.6) is 11.5 Å². The van der Waals surface area contributed by atoms with Gasteiger partial charge < -0.3 is 14.6 Å². The van der Waals surface area contributed by atoms with E-state index in [4.69, 9.17) is 44.3 Å². The van der Waals surface area contributed by atoms with Crippen molar-refractivity contribution >= 4 is 50.5 Å². The molecule has 1 atom stereocenters. The summed E-state index contributed by atoms with van der Waals surface area (Å²) < 4.78 is 38.8. The molecule has 31 heavy (non-hydrogen) atoms. The summed E-state index contributed by atoms with van der Waals surface area (Å²) in [5, 5.41) is 11.9. The van der Waals surface area contributed by atoms with Gasteiger partial charge in [0.25, 0.3) is 10.0 Å². The van der Waals surface area contributed by atoms with Gasteiger partial charge in [0.05, 0.1) is 24.8 Å². The maximum absolute atomic E-state index is 13.0. The third-order valence-electron chi connectivity index (χ3n) is 4.47. The number of benzene rings is 3. The summed E-state index contributed by atoms with van der Waals surface area (Å²) in [4.78, 5) is -0.0543. The molecule has 3 rings (SSSR count). The first-order valence-corrected chi connectivity index (χ1v) is 11.4. The van der Waals surface area contributed by atoms with Crippen molar-refractivity contribution in [1.29, 1.82) is 0 Å². The monoisotopic (exact) mass is 501 g/mol. The van der Waals surface area contributed by atoms with Crippen LogP contribution in [0, 0.1) is 0 Å². The van der Waals surface area contributed by atoms with Gasteiger partial charge in [0, 0.05) is 32.3 Å². The number of aliphatic hydroxyl groups excluding tert-OH is 1. The fraction of sp³-hybridized carbons (Fsp3) is 0.143. The predicted octanol–water partition coefficient (Wildman–Crippen LogP) is 5.55. The van der Waals surface area contributed by atoms with Crippen LogP contribution in [0.4, 0.5) is 5.69 Å². The molecule has 0 aliphatic rings. The smallest absolute Gasteiger partial charge is 0.262 e. The summed E-state index contributed by atoms with van der Waals surface area (Å²) in [6.45, 7) is 0. The number of aliphatic hydroxyl groups is 1. The number of hydrogen-bond acceptors (Lipinski definition) is 5. The summed E-state index contributed by atoms with van der Waals surface area (Å²) in [6.07, 6.45) is -1.28. The molecule has 0 saturated carbocycles. The lowest BCUT2D eigenvalue weighted by Crippen LogP contribution is -2.16. The summed E-state index contributed by atoms with van der Waals surface area (Å²) >= 11 is 18.3. The van der Waals surface area contributed by atoms with Gasteiger partial charge in [-0.25, -0.2) is 8.42 Å². The molecule has 0 bridgehead atoms. The molecule has 0 fully saturated rings. The Morgan fingerprint density at radius 2 is 1.45 bits per heavy atom. The Kier molecular flexibility index (Phi) is 7.24. The van der Waals surface area contributed by atoms with Crippen molar-refractivity contribution in [2.75, 3.05) is 18.9 Å². The van der Waals surface area contributed by atoms with Gasteiger partial charge in [-0.15, -0.1) is 0 Å². The third kappa shape index (κ3) is 5.19. The molecule has 0 heterocycles. The van der Waals surface area contributed by atoms with E-state index in [1.807, 2.05) is 0 Å². The normalized spacial score (nSPS) is 12.3. The van der Waals surface area contributed by atoms with Gasteiger partial charge >= 0.3 is 0 Å². The van der Waals surface area contributed by atoms with Crippen molar-refractivity contribution in [2.45, 2.75) is 11.0 Å². The number of rotatable bonds is 7. The summed E-state index contributed by atoms with van der Waals surface area (Å²) in [5.41, 5.74) is 0.645. The molecule has 0 aromatic heterocycles. The van der Waals surface area contributed by atoms with Gasteiger partial charge in [-0.3, -0.25) is 4.72 Å². The third-order valence-corrected chi connectivity index (χ3v) is 6.65. The summed E-state index contributed by atoms with van der Waals surface area (Å²) in [6, 6.07) is 13.2. The predicted molar refractivity (Wildman–Crippen MR) is 122 cm³/mol. The Morgan fingerprint density at radius 3 is 2.10 bits per heavy atom. The maximum Gasteiger partial charge on any atom is 0.262 e. The van der Waals surface area contributed by atoms with Gasteiger partial charge in [-0.1, -0.05) is 34.8 Å². The quantitative estimate of drug-likeness (QED) is 0.443. The largest absolute Gasteiger partial charge is 0.493 e. The highest BCUT2D eigenvalue weighted by molar-refractivity contribution is 7.92. The van der Waals surface area contributed by atoms with E-state index in [0.29, 0.717) is 21.4 Å². The lowest BCUT2D eigenvalue weighted by Gasteiger charge is -2.19. The van der Waals surface area contributed by atoms with E-state index in [1.165, 1.54) is 56.7 Å². The maximum atomic E-state index is 13.0. The number of anilines is 1. The average Bonchev–Trinajstić information content (AvgIpc) is 2.75. The molecule has 3 aromatic rings. The van der Waals surface area contributed by atoms with Crippen molar-refractivity contribution in [3.63, 3.8) is 0 Å². The van der Waals surface area contributed by atoms with E-state index in [0.717, 1.165) is 0 Å². The molecule has 0 saturated heterocycles. The molecule has 3 aromatic carbocycles. The van der Waals surface area contributed by atoms with E-state index in [9.17, 15) is 13.5 Å². The number of hydrogen-bond donors (Lipinski definition) is 2. The second kappa shape index (κ2) is 9.54. The van der Waals surface area contributed by atoms with Crippen molar-refractivity contribution < 1.29 is 23.0 Å². The molecule has 2 N–H and O–H groups in total. The van der Waals surface area contributed by atoms with E-state index >= 15 is 0 Å². The van der Waals surface area contributed by atoms with E-state index in [-0.39, 0.29) is 26.9 Å². The number of nitrogens with one attached hydrogen (secondary N) is 1. The van der Waals surface area contributed by atoms with Crippen LogP contribution < -0.4 is 14.2 Å². The van der Waals surface area contributed by atoms with Gasteiger partial charge in [-0.05, 0) is 48.5 Å². The highest BCUT2D eigenvalue weighted by atomic mass is 35.5. The zero-order valence-electron chi connectivity index (χ0n) is 16.4. The van der Waals surface area contributed by atoms with E-state index in [1.54, 1.807) is 12.1 Å². The summed E-state index contributed by atoms with van der Waals surface area (Å²) in [5.74, 6) is 0.645. The highest BCUT2D eigenvalue weighted by Gasteiger charge is 2.23. The molecular weight excluding hydrogens is 485 g/mol. The van der Waals surface area contributed by atoms with Gasteiger partial charge in [0.2, 0.25) is 0 Å². The Bertz CT molecular complexity index is 1220. The number of ether oxygens (including phenoxy) is 2. The van der Waals surface area contributed by atoms with Crippen molar-refractivity contribution in [3.8, 4) is 11.5 Å². The molecule has 0 aliphatic carbocycles. The highest BCUT2D eigenvalue weighted by Crippen LogP contribution is 2.37. The average molecular weight is 503 g/mol. The Balaban J connectivity index is 2.03. The van der Waals surface area contributed by atoms with Crippen LogP contribution in [0.25, 0.3) is 0 Å². The minimum Gasteiger partial charge on any atom is -0.493 e. The van der Waals surface area contributed by atoms with Crippen LogP contribution in [-0.2, 0) is 10.0 Å². The number of methoxy groups -OCH3 is 2. The van der Waals surface area contributed by atoms with Crippen LogP contribution >= 0.6 is 34.8 Å². The Hall–Kier alpha value is -2.16. The zero-order valence-corrected chi connectivity index (χ0v) is 19.5. The molecule has 0 radical (unpaired) electrons. The zero-order chi connectivity index (χ0) is 22.8. The fourth-order valence-electron chi connectivity index (χ4n) is 2.93. The van der Waals surface area contributed by atoms with Gasteiger partial charge in [-0.2, -0.15) is 0 Å². The van der Waals surface area contributed by atoms with Crippen LogP contribution in [-0.4, -0.2) is 27.7 Å². The second-order valence-corrected chi connectivity index (χ2v) is 9.38.